The number of nitrogens with zero attached hydrogens (tertiary/aromatic N) is 3. The maximum atomic E-state index is 13.4. The first-order chi connectivity index (χ1) is 15.8. The quantitative estimate of drug-likeness (QED) is 0.513. The number of hydrogen-bond acceptors (Lipinski definition) is 5. The number of hydrogen-bond donors (Lipinski definition) is 3. The molecule has 3 N–H and O–H groups in total. The number of carbonyl (C=O) groups is 3. The van der Waals surface area contributed by atoms with E-state index in [-0.39, 0.29) is 24.5 Å². The Labute approximate surface area is 188 Å². The molecular weight excluding hydrogens is 431 g/mol. The van der Waals surface area contributed by atoms with Crippen LogP contribution in [0.4, 0.5) is 10.1 Å². The Balaban J connectivity index is 0.000000821. The first-order valence-corrected chi connectivity index (χ1v) is 10.1. The van der Waals surface area contributed by atoms with Gasteiger partial charge in [0, 0.05) is 37.7 Å². The zero-order valence-corrected chi connectivity index (χ0v) is 17.6. The van der Waals surface area contributed by atoms with Gasteiger partial charge in [-0.1, -0.05) is 18.2 Å². The van der Waals surface area contributed by atoms with Crippen molar-refractivity contribution in [3.8, 4) is 5.75 Å². The monoisotopic (exact) mass is 452 g/mol. The fourth-order valence-corrected chi connectivity index (χ4v) is 4.75. The number of aryl methyl sites for hydroxylation is 1. The van der Waals surface area contributed by atoms with E-state index in [1.807, 2.05) is 31.3 Å². The van der Waals surface area contributed by atoms with Crippen molar-refractivity contribution in [3.05, 3.63) is 77.6 Å². The van der Waals surface area contributed by atoms with E-state index < -0.39 is 28.9 Å². The van der Waals surface area contributed by atoms with Crippen LogP contribution >= 0.6 is 0 Å². The summed E-state index contributed by atoms with van der Waals surface area (Å²) in [4.78, 5) is 41.1. The summed E-state index contributed by atoms with van der Waals surface area (Å²) in [5.74, 6) is -1.17. The van der Waals surface area contributed by atoms with Crippen molar-refractivity contribution in [2.75, 3.05) is 11.9 Å². The lowest BCUT2D eigenvalue weighted by Gasteiger charge is -2.33. The number of imidazole rings is 1. The highest BCUT2D eigenvalue weighted by Gasteiger charge is 2.60. The number of halogens is 1. The molecule has 2 amide bonds. The number of amides is 2. The van der Waals surface area contributed by atoms with E-state index in [4.69, 9.17) is 9.90 Å². The third-order valence-corrected chi connectivity index (χ3v) is 6.14. The maximum absolute atomic E-state index is 13.4. The molecule has 1 spiro atoms. The molecule has 1 saturated heterocycles. The second kappa shape index (κ2) is 8.38. The lowest BCUT2D eigenvalue weighted by atomic mass is 9.74. The second-order valence-electron chi connectivity index (χ2n) is 7.79. The molecule has 3 heterocycles. The van der Waals surface area contributed by atoms with Gasteiger partial charge in [-0.25, -0.2) is 9.37 Å². The van der Waals surface area contributed by atoms with E-state index in [2.05, 4.69) is 10.3 Å². The molecule has 2 aromatic carbocycles. The van der Waals surface area contributed by atoms with Crippen molar-refractivity contribution in [2.45, 2.75) is 17.9 Å². The first-order valence-electron chi connectivity index (χ1n) is 10.1. The molecule has 1 aromatic heterocycles. The fraction of sp³-hybridized carbons (Fsp3) is 0.217. The molecule has 0 bridgehead atoms. The zero-order chi connectivity index (χ0) is 23.8. The van der Waals surface area contributed by atoms with Crippen LogP contribution < -0.4 is 5.32 Å². The lowest BCUT2D eigenvalue weighted by molar-refractivity contribution is -0.123. The number of aromatic nitrogens is 2. The molecule has 0 radical (unpaired) electrons. The summed E-state index contributed by atoms with van der Waals surface area (Å²) in [5, 5.41) is 20.0. The van der Waals surface area contributed by atoms with Crippen LogP contribution in [0.1, 0.15) is 34.2 Å². The Bertz CT molecular complexity index is 1240. The predicted molar refractivity (Wildman–Crippen MR) is 115 cm³/mol. The summed E-state index contributed by atoms with van der Waals surface area (Å²) in [6, 6.07) is 10.1. The highest BCUT2D eigenvalue weighted by molar-refractivity contribution is 6.08. The Hall–Kier alpha value is -4.21. The van der Waals surface area contributed by atoms with Crippen molar-refractivity contribution in [2.24, 2.45) is 7.05 Å². The number of anilines is 1. The second-order valence-corrected chi connectivity index (χ2v) is 7.79. The Morgan fingerprint density at radius 1 is 1.30 bits per heavy atom. The molecule has 1 fully saturated rings. The third kappa shape index (κ3) is 3.39. The highest BCUT2D eigenvalue weighted by atomic mass is 19.1. The van der Waals surface area contributed by atoms with Crippen LogP contribution in [0, 0.1) is 5.82 Å². The van der Waals surface area contributed by atoms with Crippen molar-refractivity contribution in [1.29, 1.82) is 0 Å². The molecule has 2 unspecified atom stereocenters. The minimum atomic E-state index is -0.999. The van der Waals surface area contributed by atoms with Crippen molar-refractivity contribution in [1.82, 2.24) is 14.5 Å². The van der Waals surface area contributed by atoms with Crippen molar-refractivity contribution in [3.63, 3.8) is 0 Å². The van der Waals surface area contributed by atoms with Gasteiger partial charge in [-0.15, -0.1) is 0 Å². The molecule has 2 atom stereocenters. The molecule has 3 aromatic rings. The van der Waals surface area contributed by atoms with E-state index in [0.717, 1.165) is 23.4 Å². The normalized spacial score (nSPS) is 20.7. The highest BCUT2D eigenvalue weighted by Crippen LogP contribution is 2.54. The number of rotatable bonds is 2. The van der Waals surface area contributed by atoms with Gasteiger partial charge in [0.05, 0.1) is 5.56 Å². The number of fused-ring (bicyclic) bond motifs is 2. The summed E-state index contributed by atoms with van der Waals surface area (Å²) in [5.41, 5.74) is 0.530. The molecule has 2 aliphatic heterocycles. The van der Waals surface area contributed by atoms with Crippen LogP contribution in [0.2, 0.25) is 0 Å². The maximum Gasteiger partial charge on any atom is 0.290 e. The van der Waals surface area contributed by atoms with E-state index in [1.165, 1.54) is 6.07 Å². The zero-order valence-electron chi connectivity index (χ0n) is 17.6. The van der Waals surface area contributed by atoms with Crippen molar-refractivity contribution >= 4 is 24.0 Å². The molecule has 0 aliphatic carbocycles. The largest absolute Gasteiger partial charge is 0.507 e. The summed E-state index contributed by atoms with van der Waals surface area (Å²) in [7, 11) is 1.81. The number of aromatic hydroxyl groups is 1. The summed E-state index contributed by atoms with van der Waals surface area (Å²) < 4.78 is 15.2. The summed E-state index contributed by atoms with van der Waals surface area (Å²) in [6.45, 7) is 0.0366. The molecular formula is C23H21FN4O5. The lowest BCUT2D eigenvalue weighted by Crippen LogP contribution is -2.43. The van der Waals surface area contributed by atoms with Crippen LogP contribution in [0.3, 0.4) is 0 Å². The summed E-state index contributed by atoms with van der Waals surface area (Å²) >= 11 is 0. The van der Waals surface area contributed by atoms with Gasteiger partial charge in [0.15, 0.2) is 0 Å². The molecule has 10 heteroatoms. The number of carbonyl (C=O) groups excluding carboxylic acids is 2. The number of phenols is 1. The molecule has 0 saturated carbocycles. The van der Waals surface area contributed by atoms with Gasteiger partial charge in [-0.3, -0.25) is 14.4 Å². The molecule has 2 aliphatic rings. The van der Waals surface area contributed by atoms with Gasteiger partial charge < -0.3 is 25.0 Å². The Morgan fingerprint density at radius 3 is 2.70 bits per heavy atom. The minimum Gasteiger partial charge on any atom is -0.507 e. The van der Waals surface area contributed by atoms with Crippen LogP contribution in [0.15, 0.2) is 54.9 Å². The Morgan fingerprint density at radius 2 is 2.03 bits per heavy atom. The predicted octanol–water partition coefficient (Wildman–Crippen LogP) is 2.44. The van der Waals surface area contributed by atoms with Gasteiger partial charge in [-0.2, -0.15) is 0 Å². The van der Waals surface area contributed by atoms with E-state index in [9.17, 15) is 19.1 Å². The third-order valence-electron chi connectivity index (χ3n) is 6.14. The van der Waals surface area contributed by atoms with Crippen LogP contribution in [-0.2, 0) is 22.1 Å². The molecule has 33 heavy (non-hydrogen) atoms. The first kappa shape index (κ1) is 22.0. The number of nitrogens with one attached hydrogen (secondary N) is 1. The van der Waals surface area contributed by atoms with Crippen LogP contribution in [-0.4, -0.2) is 49.5 Å². The fourth-order valence-electron chi connectivity index (χ4n) is 4.75. The number of likely N-dealkylation sites (tertiary alicyclic amines) is 1. The molecule has 5 rings (SSSR count). The number of para-hydroxylation sites is 1. The topological polar surface area (TPSA) is 125 Å². The van der Waals surface area contributed by atoms with Gasteiger partial charge in [0.1, 0.15) is 28.8 Å². The van der Waals surface area contributed by atoms with Crippen molar-refractivity contribution < 1.29 is 29.0 Å². The van der Waals surface area contributed by atoms with Crippen LogP contribution in [0.25, 0.3) is 0 Å². The number of carboxylic acid groups (broad SMARTS) is 1. The van der Waals surface area contributed by atoms with Crippen LogP contribution in [0.5, 0.6) is 5.75 Å². The minimum absolute atomic E-state index is 0.0145. The SMILES string of the molecule is Cn1ccnc1C1N(C(=O)c2ccc(F)cc2O)CCC12C(=O)Nc1ccccc12.O=CO. The van der Waals surface area contributed by atoms with Gasteiger partial charge >= 0.3 is 0 Å². The van der Waals surface area contributed by atoms with E-state index in [0.29, 0.717) is 12.2 Å². The summed E-state index contributed by atoms with van der Waals surface area (Å²) in [6.07, 6.45) is 3.79. The average molecular weight is 452 g/mol. The van der Waals surface area contributed by atoms with E-state index >= 15 is 0 Å². The molecule has 9 nitrogen and oxygen atoms in total. The number of phenolic OH excluding ortho intramolecular Hbond substituents is 1. The van der Waals surface area contributed by atoms with Gasteiger partial charge in [0.25, 0.3) is 12.4 Å². The average Bonchev–Trinajstić information content (AvgIpc) is 3.45. The number of benzene rings is 2. The van der Waals surface area contributed by atoms with Gasteiger partial charge in [0.2, 0.25) is 5.91 Å². The standard InChI is InChI=1S/C22H19FN4O3.CH2O2/c1-26-11-9-24-19(26)18-22(15-4-2-3-5-16(15)25-21(22)30)8-10-27(18)20(29)14-7-6-13(23)12-17(14)28;2-1-3/h2-7,9,11-12,18,28H,8,10H2,1H3,(H,25,30);1H,(H,2,3). The van der Waals surface area contributed by atoms with Gasteiger partial charge in [-0.05, 0) is 30.2 Å². The smallest absolute Gasteiger partial charge is 0.290 e. The Kier molecular flexibility index (Phi) is 5.59. The molecule has 170 valence electrons. The van der Waals surface area contributed by atoms with E-state index in [1.54, 1.807) is 21.9 Å².